The SMILES string of the molecule is O=c1[nH]cc(C=CCCl)cc1O. The monoisotopic (exact) mass is 185 g/mol. The van der Waals surface area contributed by atoms with Crippen molar-refractivity contribution in [2.24, 2.45) is 0 Å². The van der Waals surface area contributed by atoms with Crippen molar-refractivity contribution in [3.63, 3.8) is 0 Å². The van der Waals surface area contributed by atoms with Gasteiger partial charge in [0.2, 0.25) is 0 Å². The van der Waals surface area contributed by atoms with Gasteiger partial charge in [-0.1, -0.05) is 12.2 Å². The number of alkyl halides is 1. The van der Waals surface area contributed by atoms with Crippen molar-refractivity contribution in [1.82, 2.24) is 4.98 Å². The lowest BCUT2D eigenvalue weighted by Gasteiger charge is -1.92. The summed E-state index contributed by atoms with van der Waals surface area (Å²) in [5.74, 6) is 0.117. The number of aromatic hydroxyl groups is 1. The van der Waals surface area contributed by atoms with Gasteiger partial charge in [0.15, 0.2) is 5.75 Å². The van der Waals surface area contributed by atoms with E-state index in [1.54, 1.807) is 12.2 Å². The van der Waals surface area contributed by atoms with E-state index in [1.807, 2.05) is 0 Å². The maximum Gasteiger partial charge on any atom is 0.290 e. The number of hydrogen-bond donors (Lipinski definition) is 2. The minimum atomic E-state index is -0.488. The third kappa shape index (κ3) is 2.13. The lowest BCUT2D eigenvalue weighted by Crippen LogP contribution is -2.03. The number of rotatable bonds is 2. The first-order valence-corrected chi connectivity index (χ1v) is 3.91. The molecule has 0 amide bonds. The van der Waals surface area contributed by atoms with E-state index in [-0.39, 0.29) is 5.75 Å². The molecule has 1 heterocycles. The average molecular weight is 186 g/mol. The predicted molar refractivity (Wildman–Crippen MR) is 48.5 cm³/mol. The van der Waals surface area contributed by atoms with Crippen molar-refractivity contribution in [3.8, 4) is 5.75 Å². The molecule has 1 rings (SSSR count). The summed E-state index contributed by atoms with van der Waals surface area (Å²) in [5.41, 5.74) is 0.228. The van der Waals surface area contributed by atoms with E-state index < -0.39 is 5.56 Å². The predicted octanol–water partition coefficient (Wildman–Crippen LogP) is 1.33. The van der Waals surface area contributed by atoms with Crippen molar-refractivity contribution >= 4 is 17.7 Å². The number of hydrogen-bond acceptors (Lipinski definition) is 2. The summed E-state index contributed by atoms with van der Waals surface area (Å²) in [6.07, 6.45) is 4.93. The summed E-state index contributed by atoms with van der Waals surface area (Å²) in [4.78, 5) is 13.1. The molecular weight excluding hydrogens is 178 g/mol. The second kappa shape index (κ2) is 3.97. The maximum atomic E-state index is 10.7. The van der Waals surface area contributed by atoms with Crippen molar-refractivity contribution in [2.45, 2.75) is 0 Å². The molecule has 0 spiro atoms. The molecule has 0 aliphatic carbocycles. The Balaban J connectivity index is 2.97. The van der Waals surface area contributed by atoms with Gasteiger partial charge in [-0.15, -0.1) is 11.6 Å². The Hall–Kier alpha value is -1.22. The second-order valence-corrected chi connectivity index (χ2v) is 2.51. The fourth-order valence-electron chi connectivity index (χ4n) is 0.765. The molecule has 0 atom stereocenters. The van der Waals surface area contributed by atoms with Gasteiger partial charge in [0, 0.05) is 12.1 Å². The van der Waals surface area contributed by atoms with Crippen LogP contribution >= 0.6 is 11.6 Å². The molecule has 0 aromatic carbocycles. The molecule has 12 heavy (non-hydrogen) atoms. The van der Waals surface area contributed by atoms with Crippen LogP contribution in [-0.4, -0.2) is 16.0 Å². The van der Waals surface area contributed by atoms with Crippen molar-refractivity contribution in [3.05, 3.63) is 34.3 Å². The lowest BCUT2D eigenvalue weighted by molar-refractivity contribution is 0.466. The van der Waals surface area contributed by atoms with Gasteiger partial charge >= 0.3 is 0 Å². The molecule has 0 saturated heterocycles. The van der Waals surface area contributed by atoms with Crippen LogP contribution in [0.15, 0.2) is 23.1 Å². The van der Waals surface area contributed by atoms with E-state index >= 15 is 0 Å². The van der Waals surface area contributed by atoms with Crippen molar-refractivity contribution < 1.29 is 5.11 Å². The topological polar surface area (TPSA) is 53.1 Å². The van der Waals surface area contributed by atoms with Gasteiger partial charge in [0.1, 0.15) is 0 Å². The summed E-state index contributed by atoms with van der Waals surface area (Å²) >= 11 is 5.40. The molecular formula is C8H8ClNO2. The molecule has 4 heteroatoms. The summed E-state index contributed by atoms with van der Waals surface area (Å²) in [6.45, 7) is 0. The normalized spacial score (nSPS) is 10.8. The molecule has 0 aliphatic heterocycles. The van der Waals surface area contributed by atoms with Crippen LogP contribution < -0.4 is 5.56 Å². The van der Waals surface area contributed by atoms with E-state index in [1.165, 1.54) is 12.3 Å². The summed E-state index contributed by atoms with van der Waals surface area (Å²) in [7, 11) is 0. The maximum absolute atomic E-state index is 10.7. The molecule has 0 radical (unpaired) electrons. The Morgan fingerprint density at radius 3 is 3.00 bits per heavy atom. The first-order valence-electron chi connectivity index (χ1n) is 3.38. The highest BCUT2D eigenvalue weighted by Crippen LogP contribution is 2.05. The van der Waals surface area contributed by atoms with E-state index in [9.17, 15) is 4.79 Å². The fraction of sp³-hybridized carbons (Fsp3) is 0.125. The van der Waals surface area contributed by atoms with Crippen LogP contribution in [0, 0.1) is 0 Å². The van der Waals surface area contributed by atoms with E-state index in [0.717, 1.165) is 0 Å². The van der Waals surface area contributed by atoms with E-state index in [0.29, 0.717) is 11.4 Å². The number of pyridine rings is 1. The third-order valence-corrected chi connectivity index (χ3v) is 1.48. The number of allylic oxidation sites excluding steroid dienone is 1. The lowest BCUT2D eigenvalue weighted by atomic mass is 10.2. The standard InChI is InChI=1S/C8H8ClNO2/c9-3-1-2-6-4-7(11)8(12)10-5-6/h1-2,4-5,11H,3H2,(H,10,12). The van der Waals surface area contributed by atoms with Crippen molar-refractivity contribution in [2.75, 3.05) is 5.88 Å². The zero-order valence-corrected chi connectivity index (χ0v) is 7.01. The Morgan fingerprint density at radius 1 is 1.67 bits per heavy atom. The zero-order chi connectivity index (χ0) is 8.97. The van der Waals surface area contributed by atoms with Crippen molar-refractivity contribution in [1.29, 1.82) is 0 Å². The summed E-state index contributed by atoms with van der Waals surface area (Å²) < 4.78 is 0. The van der Waals surface area contributed by atoms with E-state index in [2.05, 4.69) is 4.98 Å². The highest BCUT2D eigenvalue weighted by molar-refractivity contribution is 6.19. The fourth-order valence-corrected chi connectivity index (χ4v) is 0.854. The summed E-state index contributed by atoms with van der Waals surface area (Å²) in [5, 5.41) is 8.99. The quantitative estimate of drug-likeness (QED) is 0.683. The molecule has 0 bridgehead atoms. The molecule has 2 N–H and O–H groups in total. The van der Waals surface area contributed by atoms with Gasteiger partial charge in [-0.05, 0) is 11.6 Å². The Kier molecular flexibility index (Phi) is 2.94. The number of nitrogens with one attached hydrogen (secondary N) is 1. The van der Waals surface area contributed by atoms with Crippen LogP contribution in [0.4, 0.5) is 0 Å². The third-order valence-electron chi connectivity index (χ3n) is 1.31. The average Bonchev–Trinajstić information content (AvgIpc) is 2.07. The Labute approximate surface area is 74.3 Å². The van der Waals surface area contributed by atoms with Gasteiger partial charge in [-0.25, -0.2) is 0 Å². The first-order chi connectivity index (χ1) is 5.74. The van der Waals surface area contributed by atoms with Crippen LogP contribution in [-0.2, 0) is 0 Å². The van der Waals surface area contributed by atoms with Gasteiger partial charge < -0.3 is 10.1 Å². The molecule has 1 aromatic rings. The van der Waals surface area contributed by atoms with Crippen LogP contribution in [0.1, 0.15) is 5.56 Å². The number of aromatic amines is 1. The Bertz CT molecular complexity index is 343. The minimum absolute atomic E-state index is 0.285. The second-order valence-electron chi connectivity index (χ2n) is 2.20. The number of H-pyrrole nitrogens is 1. The van der Waals surface area contributed by atoms with Crippen LogP contribution in [0.3, 0.4) is 0 Å². The van der Waals surface area contributed by atoms with Gasteiger partial charge in [0.05, 0.1) is 0 Å². The first kappa shape index (κ1) is 8.87. The molecule has 0 unspecified atom stereocenters. The van der Waals surface area contributed by atoms with Crippen LogP contribution in [0.5, 0.6) is 5.75 Å². The van der Waals surface area contributed by atoms with Crippen LogP contribution in [0.2, 0.25) is 0 Å². The number of aromatic nitrogens is 1. The van der Waals surface area contributed by atoms with E-state index in [4.69, 9.17) is 16.7 Å². The highest BCUT2D eigenvalue weighted by atomic mass is 35.5. The zero-order valence-electron chi connectivity index (χ0n) is 6.25. The minimum Gasteiger partial charge on any atom is -0.503 e. The molecule has 64 valence electrons. The smallest absolute Gasteiger partial charge is 0.290 e. The Morgan fingerprint density at radius 2 is 2.42 bits per heavy atom. The molecule has 0 aliphatic rings. The molecule has 1 aromatic heterocycles. The molecule has 0 fully saturated rings. The van der Waals surface area contributed by atoms with Gasteiger partial charge in [-0.3, -0.25) is 4.79 Å². The molecule has 0 saturated carbocycles. The largest absolute Gasteiger partial charge is 0.503 e. The highest BCUT2D eigenvalue weighted by Gasteiger charge is 1.94. The molecule has 3 nitrogen and oxygen atoms in total. The van der Waals surface area contributed by atoms with Gasteiger partial charge in [-0.2, -0.15) is 0 Å². The summed E-state index contributed by atoms with van der Waals surface area (Å²) in [6, 6.07) is 1.38. The van der Waals surface area contributed by atoms with Crippen LogP contribution in [0.25, 0.3) is 6.08 Å². The van der Waals surface area contributed by atoms with Gasteiger partial charge in [0.25, 0.3) is 5.56 Å². The number of halogens is 1.